The van der Waals surface area contributed by atoms with E-state index >= 15 is 0 Å². The van der Waals surface area contributed by atoms with Crippen LogP contribution in [0.5, 0.6) is 0 Å². The predicted octanol–water partition coefficient (Wildman–Crippen LogP) is 1.36. The van der Waals surface area contributed by atoms with Crippen molar-refractivity contribution >= 4 is 0 Å². The first-order chi connectivity index (χ1) is 5.75. The Hall–Kier alpha value is -0.830. The van der Waals surface area contributed by atoms with Crippen LogP contribution < -0.4 is 5.73 Å². The lowest BCUT2D eigenvalue weighted by atomic mass is 10.2. The molecule has 1 heterocycles. The molecule has 0 amide bonds. The Morgan fingerprint density at radius 3 is 2.92 bits per heavy atom. The van der Waals surface area contributed by atoms with E-state index in [2.05, 4.69) is 29.7 Å². The zero-order chi connectivity index (χ0) is 8.97. The van der Waals surface area contributed by atoms with Crippen LogP contribution in [-0.2, 0) is 6.42 Å². The van der Waals surface area contributed by atoms with E-state index in [9.17, 15) is 0 Å². The van der Waals surface area contributed by atoms with Gasteiger partial charge >= 0.3 is 0 Å². The summed E-state index contributed by atoms with van der Waals surface area (Å²) >= 11 is 0. The van der Waals surface area contributed by atoms with Crippen LogP contribution in [0, 0.1) is 0 Å². The SMILES string of the molecule is CC(C)n1nccc1CCCN. The summed E-state index contributed by atoms with van der Waals surface area (Å²) in [6, 6.07) is 2.52. The number of hydrogen-bond acceptors (Lipinski definition) is 2. The van der Waals surface area contributed by atoms with Crippen LogP contribution in [0.1, 0.15) is 32.0 Å². The first kappa shape index (κ1) is 9.26. The summed E-state index contributed by atoms with van der Waals surface area (Å²) in [4.78, 5) is 0. The number of rotatable bonds is 4. The van der Waals surface area contributed by atoms with Crippen molar-refractivity contribution in [3.8, 4) is 0 Å². The predicted molar refractivity (Wildman–Crippen MR) is 50.0 cm³/mol. The molecule has 0 saturated carbocycles. The summed E-state index contributed by atoms with van der Waals surface area (Å²) in [5.41, 5.74) is 6.73. The number of aryl methyl sites for hydroxylation is 1. The smallest absolute Gasteiger partial charge is 0.0492 e. The third kappa shape index (κ3) is 2.08. The molecule has 3 nitrogen and oxygen atoms in total. The minimum atomic E-state index is 0.452. The van der Waals surface area contributed by atoms with Crippen molar-refractivity contribution in [2.24, 2.45) is 5.73 Å². The summed E-state index contributed by atoms with van der Waals surface area (Å²) in [6.07, 6.45) is 3.93. The molecule has 0 aliphatic rings. The Labute approximate surface area is 73.6 Å². The van der Waals surface area contributed by atoms with Gasteiger partial charge in [0.25, 0.3) is 0 Å². The van der Waals surface area contributed by atoms with Crippen molar-refractivity contribution < 1.29 is 0 Å². The normalized spacial score (nSPS) is 11.0. The third-order valence-corrected chi connectivity index (χ3v) is 1.88. The maximum Gasteiger partial charge on any atom is 0.0492 e. The van der Waals surface area contributed by atoms with E-state index in [4.69, 9.17) is 5.73 Å². The van der Waals surface area contributed by atoms with Crippen LogP contribution >= 0.6 is 0 Å². The number of nitrogens with two attached hydrogens (primary N) is 1. The second kappa shape index (κ2) is 4.26. The van der Waals surface area contributed by atoms with Crippen molar-refractivity contribution in [3.05, 3.63) is 18.0 Å². The van der Waals surface area contributed by atoms with Crippen LogP contribution in [-0.4, -0.2) is 16.3 Å². The molecule has 68 valence electrons. The monoisotopic (exact) mass is 167 g/mol. The quantitative estimate of drug-likeness (QED) is 0.735. The molecule has 2 N–H and O–H groups in total. The fraction of sp³-hybridized carbons (Fsp3) is 0.667. The van der Waals surface area contributed by atoms with E-state index < -0.39 is 0 Å². The summed E-state index contributed by atoms with van der Waals surface area (Å²) in [5.74, 6) is 0. The first-order valence-electron chi connectivity index (χ1n) is 4.48. The topological polar surface area (TPSA) is 43.8 Å². The van der Waals surface area contributed by atoms with Gasteiger partial charge in [0.1, 0.15) is 0 Å². The van der Waals surface area contributed by atoms with Gasteiger partial charge in [-0.1, -0.05) is 0 Å². The van der Waals surface area contributed by atoms with E-state index in [1.54, 1.807) is 0 Å². The minimum absolute atomic E-state index is 0.452. The van der Waals surface area contributed by atoms with Gasteiger partial charge < -0.3 is 5.73 Å². The molecule has 0 aromatic carbocycles. The van der Waals surface area contributed by atoms with E-state index in [1.165, 1.54) is 5.69 Å². The van der Waals surface area contributed by atoms with Gasteiger partial charge in [0.2, 0.25) is 0 Å². The Bertz CT molecular complexity index is 227. The summed E-state index contributed by atoms with van der Waals surface area (Å²) in [6.45, 7) is 5.03. The molecule has 0 aliphatic heterocycles. The average Bonchev–Trinajstić information content (AvgIpc) is 2.48. The van der Waals surface area contributed by atoms with Crippen LogP contribution in [0.4, 0.5) is 0 Å². The third-order valence-electron chi connectivity index (χ3n) is 1.88. The van der Waals surface area contributed by atoms with Crippen LogP contribution in [0.3, 0.4) is 0 Å². The average molecular weight is 167 g/mol. The number of hydrogen-bond donors (Lipinski definition) is 1. The molecule has 1 aromatic heterocycles. The lowest BCUT2D eigenvalue weighted by Crippen LogP contribution is -2.09. The minimum Gasteiger partial charge on any atom is -0.330 e. The van der Waals surface area contributed by atoms with E-state index in [1.807, 2.05) is 6.20 Å². The van der Waals surface area contributed by atoms with Gasteiger partial charge in [-0.05, 0) is 39.3 Å². The lowest BCUT2D eigenvalue weighted by Gasteiger charge is -2.09. The van der Waals surface area contributed by atoms with E-state index in [0.29, 0.717) is 6.04 Å². The number of nitrogens with zero attached hydrogens (tertiary/aromatic N) is 2. The summed E-state index contributed by atoms with van der Waals surface area (Å²) in [5, 5.41) is 4.24. The standard InChI is InChI=1S/C9H17N3/c1-8(2)12-9(4-3-6-10)5-7-11-12/h5,7-8H,3-4,6,10H2,1-2H3. The Kier molecular flexibility index (Phi) is 3.29. The molecule has 0 fully saturated rings. The zero-order valence-electron chi connectivity index (χ0n) is 7.83. The molecule has 0 bridgehead atoms. The molecule has 1 aromatic rings. The molecule has 0 unspecified atom stereocenters. The van der Waals surface area contributed by atoms with Crippen molar-refractivity contribution in [2.45, 2.75) is 32.7 Å². The Morgan fingerprint density at radius 1 is 1.58 bits per heavy atom. The van der Waals surface area contributed by atoms with Crippen molar-refractivity contribution in [3.63, 3.8) is 0 Å². The molecule has 0 atom stereocenters. The molecule has 0 saturated heterocycles. The fourth-order valence-corrected chi connectivity index (χ4v) is 1.29. The lowest BCUT2D eigenvalue weighted by molar-refractivity contribution is 0.506. The van der Waals surface area contributed by atoms with Crippen LogP contribution in [0.2, 0.25) is 0 Å². The maximum absolute atomic E-state index is 5.44. The molecule has 3 heteroatoms. The van der Waals surface area contributed by atoms with Crippen molar-refractivity contribution in [1.82, 2.24) is 9.78 Å². The van der Waals surface area contributed by atoms with Gasteiger partial charge in [-0.25, -0.2) is 0 Å². The highest BCUT2D eigenvalue weighted by Crippen LogP contribution is 2.09. The summed E-state index contributed by atoms with van der Waals surface area (Å²) in [7, 11) is 0. The van der Waals surface area contributed by atoms with Crippen LogP contribution in [0.15, 0.2) is 12.3 Å². The molecule has 0 aliphatic carbocycles. The van der Waals surface area contributed by atoms with Crippen LogP contribution in [0.25, 0.3) is 0 Å². The Balaban J connectivity index is 2.64. The fourth-order valence-electron chi connectivity index (χ4n) is 1.29. The highest BCUT2D eigenvalue weighted by Gasteiger charge is 2.03. The van der Waals surface area contributed by atoms with E-state index in [-0.39, 0.29) is 0 Å². The van der Waals surface area contributed by atoms with Gasteiger partial charge in [0.15, 0.2) is 0 Å². The van der Waals surface area contributed by atoms with Gasteiger partial charge in [-0.2, -0.15) is 5.10 Å². The molecular formula is C9H17N3. The summed E-state index contributed by atoms with van der Waals surface area (Å²) < 4.78 is 2.05. The first-order valence-corrected chi connectivity index (χ1v) is 4.48. The molecule has 0 spiro atoms. The van der Waals surface area contributed by atoms with Crippen molar-refractivity contribution in [1.29, 1.82) is 0 Å². The highest BCUT2D eigenvalue weighted by molar-refractivity contribution is 5.01. The highest BCUT2D eigenvalue weighted by atomic mass is 15.3. The molecular weight excluding hydrogens is 150 g/mol. The Morgan fingerprint density at radius 2 is 2.33 bits per heavy atom. The zero-order valence-corrected chi connectivity index (χ0v) is 7.83. The van der Waals surface area contributed by atoms with Gasteiger partial charge in [0.05, 0.1) is 0 Å². The maximum atomic E-state index is 5.44. The van der Waals surface area contributed by atoms with Gasteiger partial charge in [-0.15, -0.1) is 0 Å². The largest absolute Gasteiger partial charge is 0.330 e. The second-order valence-corrected chi connectivity index (χ2v) is 3.25. The van der Waals surface area contributed by atoms with Gasteiger partial charge in [-0.3, -0.25) is 4.68 Å². The molecule has 12 heavy (non-hydrogen) atoms. The second-order valence-electron chi connectivity index (χ2n) is 3.25. The van der Waals surface area contributed by atoms with Crippen molar-refractivity contribution in [2.75, 3.05) is 6.54 Å². The number of aromatic nitrogens is 2. The van der Waals surface area contributed by atoms with E-state index in [0.717, 1.165) is 19.4 Å². The molecule has 0 radical (unpaired) electrons. The molecule has 1 rings (SSSR count). The van der Waals surface area contributed by atoms with Gasteiger partial charge in [0, 0.05) is 17.9 Å².